The van der Waals surface area contributed by atoms with Gasteiger partial charge in [-0.1, -0.05) is 0 Å². The van der Waals surface area contributed by atoms with Gasteiger partial charge in [0.05, 0.1) is 18.4 Å². The van der Waals surface area contributed by atoms with Gasteiger partial charge in [-0.15, -0.1) is 11.3 Å². The van der Waals surface area contributed by atoms with E-state index in [1.807, 2.05) is 0 Å². The average molecular weight is 280 g/mol. The number of furan rings is 1. The Hall–Kier alpha value is -2.15. The Morgan fingerprint density at radius 2 is 2.37 bits per heavy atom. The molecule has 2 aromatic rings. The van der Waals surface area contributed by atoms with E-state index in [4.69, 9.17) is 9.52 Å². The zero-order valence-corrected chi connectivity index (χ0v) is 10.9. The van der Waals surface area contributed by atoms with Gasteiger partial charge in [0.15, 0.2) is 10.8 Å². The first kappa shape index (κ1) is 13.3. The van der Waals surface area contributed by atoms with Gasteiger partial charge in [0, 0.05) is 5.38 Å². The van der Waals surface area contributed by atoms with Crippen molar-refractivity contribution in [2.75, 3.05) is 0 Å². The molecule has 0 saturated heterocycles. The Morgan fingerprint density at radius 1 is 1.58 bits per heavy atom. The molecule has 2 heterocycles. The van der Waals surface area contributed by atoms with Gasteiger partial charge in [-0.05, 0) is 19.1 Å². The molecule has 0 saturated carbocycles. The predicted molar refractivity (Wildman–Crippen MR) is 68.8 cm³/mol. The Bertz CT molecular complexity index is 576. The fourth-order valence-electron chi connectivity index (χ4n) is 1.42. The van der Waals surface area contributed by atoms with Gasteiger partial charge in [0.2, 0.25) is 5.91 Å². The first-order chi connectivity index (χ1) is 9.06. The summed E-state index contributed by atoms with van der Waals surface area (Å²) in [6.07, 6.45) is 1.60. The van der Waals surface area contributed by atoms with E-state index in [1.54, 1.807) is 23.8 Å². The molecule has 0 aliphatic heterocycles. The fourth-order valence-corrected chi connectivity index (χ4v) is 2.21. The Kier molecular flexibility index (Phi) is 3.96. The number of carbonyl (C=O) groups is 2. The zero-order valence-electron chi connectivity index (χ0n) is 10.1. The summed E-state index contributed by atoms with van der Waals surface area (Å²) in [5.74, 6) is -0.787. The van der Waals surface area contributed by atoms with Gasteiger partial charge in [-0.3, -0.25) is 9.59 Å². The minimum atomic E-state index is -1.07. The van der Waals surface area contributed by atoms with Crippen molar-refractivity contribution in [1.82, 2.24) is 10.3 Å². The lowest BCUT2D eigenvalue weighted by atomic mass is 10.3. The van der Waals surface area contributed by atoms with Crippen LogP contribution < -0.4 is 5.32 Å². The van der Waals surface area contributed by atoms with Gasteiger partial charge < -0.3 is 14.8 Å². The lowest BCUT2D eigenvalue weighted by Crippen LogP contribution is -2.39. The maximum absolute atomic E-state index is 11.6. The SMILES string of the molecule is CC(NC(=O)Cc1csc(-c2ccco2)n1)C(=O)O. The van der Waals surface area contributed by atoms with Gasteiger partial charge in [0.1, 0.15) is 6.04 Å². The number of carboxylic acids is 1. The van der Waals surface area contributed by atoms with Crippen molar-refractivity contribution in [3.63, 3.8) is 0 Å². The van der Waals surface area contributed by atoms with E-state index in [-0.39, 0.29) is 12.3 Å². The van der Waals surface area contributed by atoms with Crippen molar-refractivity contribution in [2.24, 2.45) is 0 Å². The Morgan fingerprint density at radius 3 is 3.00 bits per heavy atom. The molecule has 6 nitrogen and oxygen atoms in total. The second kappa shape index (κ2) is 5.66. The lowest BCUT2D eigenvalue weighted by Gasteiger charge is -2.07. The van der Waals surface area contributed by atoms with E-state index in [2.05, 4.69) is 10.3 Å². The smallest absolute Gasteiger partial charge is 0.325 e. The first-order valence-electron chi connectivity index (χ1n) is 5.56. The van der Waals surface area contributed by atoms with Crippen LogP contribution in [0.5, 0.6) is 0 Å². The summed E-state index contributed by atoms with van der Waals surface area (Å²) in [5, 5.41) is 13.5. The number of thiazole rings is 1. The number of nitrogens with zero attached hydrogens (tertiary/aromatic N) is 1. The standard InChI is InChI=1S/C12H12N2O4S/c1-7(12(16)17)13-10(15)5-8-6-19-11(14-8)9-3-2-4-18-9/h2-4,6-7H,5H2,1H3,(H,13,15)(H,16,17). The monoisotopic (exact) mass is 280 g/mol. The number of aromatic nitrogens is 1. The lowest BCUT2D eigenvalue weighted by molar-refractivity contribution is -0.141. The van der Waals surface area contributed by atoms with E-state index in [9.17, 15) is 9.59 Å². The van der Waals surface area contributed by atoms with Gasteiger partial charge in [-0.25, -0.2) is 4.98 Å². The van der Waals surface area contributed by atoms with Crippen molar-refractivity contribution in [2.45, 2.75) is 19.4 Å². The topological polar surface area (TPSA) is 92.4 Å². The van der Waals surface area contributed by atoms with Crippen molar-refractivity contribution in [1.29, 1.82) is 0 Å². The number of nitrogens with one attached hydrogen (secondary N) is 1. The molecule has 1 atom stereocenters. The molecule has 2 N–H and O–H groups in total. The van der Waals surface area contributed by atoms with E-state index in [1.165, 1.54) is 18.3 Å². The van der Waals surface area contributed by atoms with Crippen LogP contribution in [0.1, 0.15) is 12.6 Å². The van der Waals surface area contributed by atoms with Gasteiger partial charge in [0.25, 0.3) is 0 Å². The van der Waals surface area contributed by atoms with Crippen molar-refractivity contribution in [3.8, 4) is 10.8 Å². The van der Waals surface area contributed by atoms with Crippen molar-refractivity contribution < 1.29 is 19.1 Å². The van der Waals surface area contributed by atoms with Gasteiger partial charge >= 0.3 is 5.97 Å². The summed E-state index contributed by atoms with van der Waals surface area (Å²) < 4.78 is 5.20. The summed E-state index contributed by atoms with van der Waals surface area (Å²) in [5.41, 5.74) is 0.589. The molecule has 0 bridgehead atoms. The molecule has 0 spiro atoms. The molecule has 0 fully saturated rings. The van der Waals surface area contributed by atoms with Crippen LogP contribution in [0.4, 0.5) is 0 Å². The third kappa shape index (κ3) is 3.41. The molecule has 7 heteroatoms. The quantitative estimate of drug-likeness (QED) is 0.866. The van der Waals surface area contributed by atoms with E-state index in [0.717, 1.165) is 0 Å². The number of hydrogen-bond donors (Lipinski definition) is 2. The second-order valence-corrected chi connectivity index (χ2v) is 4.78. The van der Waals surface area contributed by atoms with Crippen LogP contribution in [-0.2, 0) is 16.0 Å². The normalized spacial score (nSPS) is 12.1. The summed E-state index contributed by atoms with van der Waals surface area (Å²) >= 11 is 1.37. The number of aliphatic carboxylic acids is 1. The maximum atomic E-state index is 11.6. The molecular formula is C12H12N2O4S. The van der Waals surface area contributed by atoms with Crippen LogP contribution in [0.15, 0.2) is 28.2 Å². The summed E-state index contributed by atoms with van der Waals surface area (Å²) in [6, 6.07) is 2.64. The molecular weight excluding hydrogens is 268 g/mol. The number of rotatable bonds is 5. The zero-order chi connectivity index (χ0) is 13.8. The molecule has 100 valence electrons. The van der Waals surface area contributed by atoms with Crippen LogP contribution in [0.3, 0.4) is 0 Å². The van der Waals surface area contributed by atoms with Crippen LogP contribution in [0.25, 0.3) is 10.8 Å². The molecule has 2 aromatic heterocycles. The molecule has 0 aliphatic carbocycles. The number of amides is 1. The van der Waals surface area contributed by atoms with Crippen LogP contribution in [-0.4, -0.2) is 28.0 Å². The minimum absolute atomic E-state index is 0.0504. The molecule has 1 amide bonds. The fraction of sp³-hybridized carbons (Fsp3) is 0.250. The molecule has 2 rings (SSSR count). The van der Waals surface area contributed by atoms with Crippen LogP contribution in [0.2, 0.25) is 0 Å². The van der Waals surface area contributed by atoms with E-state index >= 15 is 0 Å². The molecule has 0 aromatic carbocycles. The third-order valence-corrected chi connectivity index (χ3v) is 3.28. The van der Waals surface area contributed by atoms with Crippen LogP contribution in [0, 0.1) is 0 Å². The minimum Gasteiger partial charge on any atom is -0.480 e. The largest absolute Gasteiger partial charge is 0.480 e. The highest BCUT2D eigenvalue weighted by Gasteiger charge is 2.15. The van der Waals surface area contributed by atoms with Gasteiger partial charge in [-0.2, -0.15) is 0 Å². The highest BCUT2D eigenvalue weighted by Crippen LogP contribution is 2.23. The summed E-state index contributed by atoms with van der Waals surface area (Å²) in [7, 11) is 0. The molecule has 19 heavy (non-hydrogen) atoms. The molecule has 0 radical (unpaired) electrons. The van der Waals surface area contributed by atoms with Crippen LogP contribution >= 0.6 is 11.3 Å². The average Bonchev–Trinajstić information content (AvgIpc) is 2.97. The maximum Gasteiger partial charge on any atom is 0.325 e. The van der Waals surface area contributed by atoms with Crippen molar-refractivity contribution >= 4 is 23.2 Å². The number of hydrogen-bond acceptors (Lipinski definition) is 5. The summed E-state index contributed by atoms with van der Waals surface area (Å²) in [4.78, 5) is 26.5. The highest BCUT2D eigenvalue weighted by atomic mass is 32.1. The highest BCUT2D eigenvalue weighted by molar-refractivity contribution is 7.13. The van der Waals surface area contributed by atoms with E-state index in [0.29, 0.717) is 16.5 Å². The number of carboxylic acid groups (broad SMARTS) is 1. The Labute approximate surface area is 113 Å². The molecule has 1 unspecified atom stereocenters. The Balaban J connectivity index is 1.97. The van der Waals surface area contributed by atoms with Crippen molar-refractivity contribution in [3.05, 3.63) is 29.5 Å². The third-order valence-electron chi connectivity index (χ3n) is 2.37. The molecule has 0 aliphatic rings. The second-order valence-electron chi connectivity index (χ2n) is 3.93. The predicted octanol–water partition coefficient (Wildman–Crippen LogP) is 1.53. The number of carbonyl (C=O) groups excluding carboxylic acids is 1. The summed E-state index contributed by atoms with van der Waals surface area (Å²) in [6.45, 7) is 1.41. The first-order valence-corrected chi connectivity index (χ1v) is 6.44. The van der Waals surface area contributed by atoms with E-state index < -0.39 is 12.0 Å².